The second kappa shape index (κ2) is 5.20. The fourth-order valence-electron chi connectivity index (χ4n) is 2.54. The fraction of sp³-hybridized carbons (Fsp3) is 0.357. The number of aromatic nitrogens is 3. The predicted octanol–water partition coefficient (Wildman–Crippen LogP) is 1.55. The van der Waals surface area contributed by atoms with Gasteiger partial charge in [-0.05, 0) is 30.9 Å². The highest BCUT2D eigenvalue weighted by Crippen LogP contribution is 2.25. The molecule has 2 aromatic rings. The zero-order valence-electron chi connectivity index (χ0n) is 11.4. The highest BCUT2D eigenvalue weighted by molar-refractivity contribution is 7.80. The van der Waals surface area contributed by atoms with Crippen LogP contribution in [0.25, 0.3) is 0 Å². The Morgan fingerprint density at radius 3 is 3.05 bits per heavy atom. The Morgan fingerprint density at radius 2 is 2.35 bits per heavy atom. The maximum absolute atomic E-state index is 5.82. The number of hydrogen-bond acceptors (Lipinski definition) is 4. The number of thiocarbonyl (C=S) groups is 1. The van der Waals surface area contributed by atoms with Gasteiger partial charge in [0.15, 0.2) is 0 Å². The first-order valence-corrected chi connectivity index (χ1v) is 7.08. The van der Waals surface area contributed by atoms with Crippen molar-refractivity contribution in [2.75, 3.05) is 5.32 Å². The lowest BCUT2D eigenvalue weighted by Crippen LogP contribution is -2.15. The topological polar surface area (TPSA) is 68.8 Å². The van der Waals surface area contributed by atoms with E-state index >= 15 is 0 Å². The van der Waals surface area contributed by atoms with Gasteiger partial charge in [-0.15, -0.1) is 0 Å². The maximum atomic E-state index is 5.82. The van der Waals surface area contributed by atoms with Gasteiger partial charge in [0, 0.05) is 31.0 Å². The van der Waals surface area contributed by atoms with E-state index in [-0.39, 0.29) is 0 Å². The molecule has 5 nitrogen and oxygen atoms in total. The second-order valence-corrected chi connectivity index (χ2v) is 5.52. The van der Waals surface area contributed by atoms with Crippen LogP contribution in [0.4, 0.5) is 5.82 Å². The van der Waals surface area contributed by atoms with E-state index in [1.54, 1.807) is 4.68 Å². The van der Waals surface area contributed by atoms with Crippen molar-refractivity contribution < 1.29 is 0 Å². The smallest absolute Gasteiger partial charge is 0.136 e. The molecule has 6 heteroatoms. The lowest BCUT2D eigenvalue weighted by atomic mass is 10.1. The van der Waals surface area contributed by atoms with E-state index in [1.807, 2.05) is 19.4 Å². The largest absolute Gasteiger partial charge is 0.389 e. The van der Waals surface area contributed by atoms with Gasteiger partial charge in [-0.1, -0.05) is 12.2 Å². The molecule has 1 aliphatic carbocycles. The Labute approximate surface area is 123 Å². The third-order valence-electron chi connectivity index (χ3n) is 3.53. The molecule has 0 amide bonds. The molecule has 0 spiro atoms. The normalized spacial score (nSPS) is 13.2. The summed E-state index contributed by atoms with van der Waals surface area (Å²) in [5, 5.41) is 7.47. The van der Waals surface area contributed by atoms with Crippen molar-refractivity contribution in [3.05, 3.63) is 40.8 Å². The van der Waals surface area contributed by atoms with E-state index in [2.05, 4.69) is 16.5 Å². The Morgan fingerprint density at radius 1 is 1.50 bits per heavy atom. The number of nitrogens with zero attached hydrogens (tertiary/aromatic N) is 3. The minimum Gasteiger partial charge on any atom is -0.389 e. The summed E-state index contributed by atoms with van der Waals surface area (Å²) < 4.78 is 1.78. The van der Waals surface area contributed by atoms with Gasteiger partial charge in [0.2, 0.25) is 0 Å². The summed E-state index contributed by atoms with van der Waals surface area (Å²) in [6.07, 6.45) is 7.07. The third-order valence-corrected chi connectivity index (χ3v) is 3.75. The molecule has 20 heavy (non-hydrogen) atoms. The highest BCUT2D eigenvalue weighted by Gasteiger charge is 2.17. The minimum atomic E-state index is 0.390. The lowest BCUT2D eigenvalue weighted by molar-refractivity contribution is 0.767. The van der Waals surface area contributed by atoms with E-state index in [0.717, 1.165) is 36.2 Å². The van der Waals surface area contributed by atoms with Gasteiger partial charge in [-0.25, -0.2) is 4.98 Å². The molecule has 3 rings (SSSR count). The molecule has 0 saturated carbocycles. The van der Waals surface area contributed by atoms with Crippen molar-refractivity contribution in [2.45, 2.75) is 25.8 Å². The monoisotopic (exact) mass is 287 g/mol. The second-order valence-electron chi connectivity index (χ2n) is 5.08. The molecule has 0 atom stereocenters. The van der Waals surface area contributed by atoms with E-state index in [9.17, 15) is 0 Å². The standard InChI is InChI=1S/C14H17N5S/c1-19-8-9(7-17-19)6-16-14-11(13(15)20)5-10-3-2-4-12(10)18-14/h5,7-8H,2-4,6H2,1H3,(H2,15,20)(H,16,18). The molecule has 0 fully saturated rings. The van der Waals surface area contributed by atoms with Crippen LogP contribution in [-0.2, 0) is 26.4 Å². The Bertz CT molecular complexity index is 662. The van der Waals surface area contributed by atoms with Gasteiger partial charge in [0.25, 0.3) is 0 Å². The van der Waals surface area contributed by atoms with E-state index in [4.69, 9.17) is 22.9 Å². The number of hydrogen-bond donors (Lipinski definition) is 2. The fourth-order valence-corrected chi connectivity index (χ4v) is 2.70. The van der Waals surface area contributed by atoms with Gasteiger partial charge < -0.3 is 11.1 Å². The lowest BCUT2D eigenvalue weighted by Gasteiger charge is -2.12. The van der Waals surface area contributed by atoms with Crippen molar-refractivity contribution in [3.8, 4) is 0 Å². The maximum Gasteiger partial charge on any atom is 0.136 e. The van der Waals surface area contributed by atoms with Crippen LogP contribution in [0.5, 0.6) is 0 Å². The Hall–Kier alpha value is -1.95. The number of nitrogens with two attached hydrogens (primary N) is 1. The molecule has 3 N–H and O–H groups in total. The summed E-state index contributed by atoms with van der Waals surface area (Å²) in [7, 11) is 1.90. The summed E-state index contributed by atoms with van der Waals surface area (Å²) in [5.74, 6) is 0.780. The third kappa shape index (κ3) is 2.51. The summed E-state index contributed by atoms with van der Waals surface area (Å²) in [6.45, 7) is 0.662. The molecule has 0 aliphatic heterocycles. The molecular weight excluding hydrogens is 270 g/mol. The molecule has 0 aromatic carbocycles. The number of pyridine rings is 1. The summed E-state index contributed by atoms with van der Waals surface area (Å²) in [5.41, 5.74) is 10.2. The van der Waals surface area contributed by atoms with E-state index < -0.39 is 0 Å². The molecule has 1 aliphatic rings. The van der Waals surface area contributed by atoms with Crippen LogP contribution in [-0.4, -0.2) is 19.8 Å². The molecular formula is C14H17N5S. The van der Waals surface area contributed by atoms with Crippen molar-refractivity contribution in [1.82, 2.24) is 14.8 Å². The van der Waals surface area contributed by atoms with Gasteiger partial charge in [-0.3, -0.25) is 4.68 Å². The zero-order chi connectivity index (χ0) is 14.1. The van der Waals surface area contributed by atoms with Crippen molar-refractivity contribution in [1.29, 1.82) is 0 Å². The first-order valence-electron chi connectivity index (χ1n) is 6.67. The summed E-state index contributed by atoms with van der Waals surface area (Å²) in [4.78, 5) is 5.08. The van der Waals surface area contributed by atoms with Gasteiger partial charge >= 0.3 is 0 Å². The van der Waals surface area contributed by atoms with E-state index in [0.29, 0.717) is 11.5 Å². The first-order chi connectivity index (χ1) is 9.63. The minimum absolute atomic E-state index is 0.390. The number of fused-ring (bicyclic) bond motifs is 1. The van der Waals surface area contributed by atoms with Crippen LogP contribution in [0.3, 0.4) is 0 Å². The number of anilines is 1. The SMILES string of the molecule is Cn1cc(CNc2nc3c(cc2C(N)=S)CCC3)cn1. The van der Waals surface area contributed by atoms with E-state index in [1.165, 1.54) is 11.3 Å². The van der Waals surface area contributed by atoms with Gasteiger partial charge in [0.05, 0.1) is 11.8 Å². The Balaban J connectivity index is 1.86. The quantitative estimate of drug-likeness (QED) is 0.835. The molecule has 0 radical (unpaired) electrons. The van der Waals surface area contributed by atoms with Gasteiger partial charge in [-0.2, -0.15) is 5.10 Å². The first kappa shape index (κ1) is 13.1. The number of rotatable bonds is 4. The molecule has 0 unspecified atom stereocenters. The van der Waals surface area contributed by atoms with Crippen molar-refractivity contribution in [2.24, 2.45) is 12.8 Å². The van der Waals surface area contributed by atoms with Crippen molar-refractivity contribution >= 4 is 23.0 Å². The molecule has 0 bridgehead atoms. The average molecular weight is 287 g/mol. The highest BCUT2D eigenvalue weighted by atomic mass is 32.1. The van der Waals surface area contributed by atoms with Crippen molar-refractivity contribution in [3.63, 3.8) is 0 Å². The molecule has 2 aromatic heterocycles. The number of aryl methyl sites for hydroxylation is 3. The summed E-state index contributed by atoms with van der Waals surface area (Å²) >= 11 is 5.14. The zero-order valence-corrected chi connectivity index (χ0v) is 12.2. The summed E-state index contributed by atoms with van der Waals surface area (Å²) in [6, 6.07) is 2.09. The molecule has 0 saturated heterocycles. The van der Waals surface area contributed by atoms with Crippen LogP contribution in [0, 0.1) is 0 Å². The van der Waals surface area contributed by atoms with Gasteiger partial charge in [0.1, 0.15) is 10.8 Å². The van der Waals surface area contributed by atoms with Crippen LogP contribution >= 0.6 is 12.2 Å². The molecule has 2 heterocycles. The van der Waals surface area contributed by atoms with Crippen LogP contribution < -0.4 is 11.1 Å². The molecule has 104 valence electrons. The Kier molecular flexibility index (Phi) is 3.40. The predicted molar refractivity (Wildman–Crippen MR) is 82.7 cm³/mol. The number of nitrogens with one attached hydrogen (secondary N) is 1. The van der Waals surface area contributed by atoms with Crippen LogP contribution in [0.2, 0.25) is 0 Å². The van der Waals surface area contributed by atoms with Crippen LogP contribution in [0.15, 0.2) is 18.5 Å². The average Bonchev–Trinajstić information content (AvgIpc) is 3.03. The van der Waals surface area contributed by atoms with Crippen LogP contribution in [0.1, 0.15) is 28.8 Å².